The third kappa shape index (κ3) is 5.76. The van der Waals surface area contributed by atoms with Crippen molar-refractivity contribution in [3.05, 3.63) is 59.5 Å². The predicted octanol–water partition coefficient (Wildman–Crippen LogP) is 3.56. The molecule has 0 unspecified atom stereocenters. The fraction of sp³-hybridized carbons (Fsp3) is 0.240. The summed E-state index contributed by atoms with van der Waals surface area (Å²) in [6, 6.07) is 12.0. The molecule has 0 bridgehead atoms. The van der Waals surface area contributed by atoms with Crippen molar-refractivity contribution < 1.29 is 28.4 Å². The molecule has 2 aromatic heterocycles. The first-order valence-electron chi connectivity index (χ1n) is 11.7. The summed E-state index contributed by atoms with van der Waals surface area (Å²) < 4.78 is 16.4. The molecule has 3 heterocycles. The van der Waals surface area contributed by atoms with E-state index in [-0.39, 0.29) is 37.1 Å². The number of imide groups is 1. The molecule has 1 N–H and O–H groups in total. The van der Waals surface area contributed by atoms with Crippen LogP contribution in [0.25, 0.3) is 11.4 Å². The molecule has 2 aromatic carbocycles. The number of carbonyl (C=O) groups is 3. The van der Waals surface area contributed by atoms with Gasteiger partial charge in [0.2, 0.25) is 22.8 Å². The molecule has 4 aromatic rings. The second-order valence-electron chi connectivity index (χ2n) is 8.16. The molecule has 39 heavy (non-hydrogen) atoms. The SMILES string of the molecule is COc1ccc(-c2noc(CCC(=O)Nc3nnc(SCCN4C(=O)c5ccccc5C4=O)s3)n2)cc1OC. The van der Waals surface area contributed by atoms with Crippen LogP contribution in [0, 0.1) is 0 Å². The Balaban J connectivity index is 1.08. The second kappa shape index (κ2) is 11.6. The van der Waals surface area contributed by atoms with Crippen molar-refractivity contribution in [3.63, 3.8) is 0 Å². The summed E-state index contributed by atoms with van der Waals surface area (Å²) in [5.74, 6) is 1.40. The van der Waals surface area contributed by atoms with Crippen molar-refractivity contribution in [2.45, 2.75) is 17.2 Å². The van der Waals surface area contributed by atoms with E-state index in [0.717, 1.165) is 0 Å². The number of carbonyl (C=O) groups excluding carboxylic acids is 3. The Morgan fingerprint density at radius 3 is 2.51 bits per heavy atom. The second-order valence-corrected chi connectivity index (χ2v) is 10.5. The summed E-state index contributed by atoms with van der Waals surface area (Å²) in [5, 5.41) is 15.1. The fourth-order valence-corrected chi connectivity index (χ4v) is 5.60. The van der Waals surface area contributed by atoms with Crippen LogP contribution in [0.4, 0.5) is 5.13 Å². The third-order valence-corrected chi connectivity index (χ3v) is 7.70. The number of nitrogens with zero attached hydrogens (tertiary/aromatic N) is 5. The average Bonchev–Trinajstić information content (AvgIpc) is 3.67. The van der Waals surface area contributed by atoms with Gasteiger partial charge in [0.05, 0.1) is 25.3 Å². The van der Waals surface area contributed by atoms with Crippen molar-refractivity contribution in [1.82, 2.24) is 25.2 Å². The first-order valence-corrected chi connectivity index (χ1v) is 13.5. The summed E-state index contributed by atoms with van der Waals surface area (Å²) in [5.41, 5.74) is 1.53. The lowest BCUT2D eigenvalue weighted by Crippen LogP contribution is -2.31. The number of hydrogen-bond acceptors (Lipinski definition) is 12. The molecule has 0 aliphatic carbocycles. The van der Waals surface area contributed by atoms with Gasteiger partial charge in [0, 0.05) is 30.7 Å². The largest absolute Gasteiger partial charge is 0.493 e. The quantitative estimate of drug-likeness (QED) is 0.161. The van der Waals surface area contributed by atoms with Gasteiger partial charge in [-0.3, -0.25) is 19.3 Å². The van der Waals surface area contributed by atoms with Gasteiger partial charge < -0.3 is 19.3 Å². The van der Waals surface area contributed by atoms with Crippen LogP contribution < -0.4 is 14.8 Å². The number of amides is 3. The molecule has 0 fully saturated rings. The van der Waals surface area contributed by atoms with E-state index in [0.29, 0.717) is 55.1 Å². The first-order chi connectivity index (χ1) is 19.0. The summed E-state index contributed by atoms with van der Waals surface area (Å²) >= 11 is 2.56. The van der Waals surface area contributed by atoms with Crippen LogP contribution in [-0.4, -0.2) is 69.5 Å². The van der Waals surface area contributed by atoms with Crippen molar-refractivity contribution in [3.8, 4) is 22.9 Å². The number of anilines is 1. The van der Waals surface area contributed by atoms with E-state index < -0.39 is 0 Å². The van der Waals surface area contributed by atoms with Crippen molar-refractivity contribution >= 4 is 46.0 Å². The maximum absolute atomic E-state index is 12.5. The van der Waals surface area contributed by atoms with Gasteiger partial charge in [-0.15, -0.1) is 10.2 Å². The summed E-state index contributed by atoms with van der Waals surface area (Å²) in [6.45, 7) is 0.244. The van der Waals surface area contributed by atoms with Gasteiger partial charge in [-0.2, -0.15) is 4.98 Å². The normalized spacial score (nSPS) is 12.5. The molecule has 0 atom stereocenters. The standard InChI is InChI=1S/C25H22N6O6S2/c1-35-17-8-7-14(13-18(17)36-2)21-27-20(37-30-21)10-9-19(32)26-24-28-29-25(39-24)38-12-11-31-22(33)15-5-3-4-6-16(15)23(31)34/h3-8,13H,9-12H2,1-2H3,(H,26,28,32). The predicted molar refractivity (Wildman–Crippen MR) is 142 cm³/mol. The minimum absolute atomic E-state index is 0.107. The number of ether oxygens (including phenoxy) is 2. The van der Waals surface area contributed by atoms with Gasteiger partial charge in [0.15, 0.2) is 15.8 Å². The van der Waals surface area contributed by atoms with E-state index in [9.17, 15) is 14.4 Å². The van der Waals surface area contributed by atoms with E-state index >= 15 is 0 Å². The number of rotatable bonds is 11. The highest BCUT2D eigenvalue weighted by Gasteiger charge is 2.34. The summed E-state index contributed by atoms with van der Waals surface area (Å²) in [7, 11) is 3.09. The zero-order valence-corrected chi connectivity index (χ0v) is 22.5. The monoisotopic (exact) mass is 566 g/mol. The van der Waals surface area contributed by atoms with Crippen LogP contribution in [-0.2, 0) is 11.2 Å². The molecular formula is C25H22N6O6S2. The zero-order valence-electron chi connectivity index (χ0n) is 20.9. The van der Waals surface area contributed by atoms with Gasteiger partial charge in [0.25, 0.3) is 11.8 Å². The van der Waals surface area contributed by atoms with E-state index in [1.165, 1.54) is 28.0 Å². The molecule has 0 spiro atoms. The topological polar surface area (TPSA) is 150 Å². The lowest BCUT2D eigenvalue weighted by molar-refractivity contribution is -0.116. The molecule has 14 heteroatoms. The fourth-order valence-electron chi connectivity index (χ4n) is 3.84. The number of methoxy groups -OCH3 is 2. The number of aromatic nitrogens is 4. The highest BCUT2D eigenvalue weighted by Crippen LogP contribution is 2.31. The van der Waals surface area contributed by atoms with Crippen LogP contribution >= 0.6 is 23.1 Å². The molecule has 0 saturated carbocycles. The van der Waals surface area contributed by atoms with Crippen molar-refractivity contribution in [2.24, 2.45) is 0 Å². The maximum Gasteiger partial charge on any atom is 0.261 e. The molecule has 0 radical (unpaired) electrons. The highest BCUT2D eigenvalue weighted by molar-refractivity contribution is 8.01. The Labute approximate surface area is 230 Å². The van der Waals surface area contributed by atoms with Crippen LogP contribution in [0.3, 0.4) is 0 Å². The molecule has 5 rings (SSSR count). The Morgan fingerprint density at radius 1 is 1.05 bits per heavy atom. The number of nitrogens with one attached hydrogen (secondary N) is 1. The molecule has 200 valence electrons. The van der Waals surface area contributed by atoms with Crippen LogP contribution in [0.2, 0.25) is 0 Å². The molecular weight excluding hydrogens is 544 g/mol. The molecule has 12 nitrogen and oxygen atoms in total. The highest BCUT2D eigenvalue weighted by atomic mass is 32.2. The van der Waals surface area contributed by atoms with E-state index in [2.05, 4.69) is 25.7 Å². The van der Waals surface area contributed by atoms with E-state index in [1.807, 2.05) is 0 Å². The lowest BCUT2D eigenvalue weighted by Gasteiger charge is -2.12. The molecule has 0 saturated heterocycles. The third-order valence-electron chi connectivity index (χ3n) is 5.75. The van der Waals surface area contributed by atoms with Gasteiger partial charge in [-0.1, -0.05) is 40.4 Å². The molecule has 1 aliphatic heterocycles. The van der Waals surface area contributed by atoms with Gasteiger partial charge in [-0.05, 0) is 30.3 Å². The van der Waals surface area contributed by atoms with Crippen LogP contribution in [0.5, 0.6) is 11.5 Å². The number of fused-ring (bicyclic) bond motifs is 1. The van der Waals surface area contributed by atoms with Gasteiger partial charge in [-0.25, -0.2) is 0 Å². The van der Waals surface area contributed by atoms with Gasteiger partial charge >= 0.3 is 0 Å². The van der Waals surface area contributed by atoms with E-state index in [1.54, 1.807) is 56.7 Å². The average molecular weight is 567 g/mol. The Kier molecular flexibility index (Phi) is 7.84. The van der Waals surface area contributed by atoms with Gasteiger partial charge in [0.1, 0.15) is 0 Å². The molecule has 3 amide bonds. The number of aryl methyl sites for hydroxylation is 1. The van der Waals surface area contributed by atoms with Crippen molar-refractivity contribution in [1.29, 1.82) is 0 Å². The maximum atomic E-state index is 12.5. The smallest absolute Gasteiger partial charge is 0.261 e. The van der Waals surface area contributed by atoms with E-state index in [4.69, 9.17) is 14.0 Å². The summed E-state index contributed by atoms with van der Waals surface area (Å²) in [6.07, 6.45) is 0.349. The number of hydrogen-bond donors (Lipinski definition) is 1. The van der Waals surface area contributed by atoms with Crippen molar-refractivity contribution in [2.75, 3.05) is 31.8 Å². The first kappa shape index (κ1) is 26.3. The minimum Gasteiger partial charge on any atom is -0.493 e. The Morgan fingerprint density at radius 2 is 1.79 bits per heavy atom. The summed E-state index contributed by atoms with van der Waals surface area (Å²) in [4.78, 5) is 42.9. The zero-order chi connectivity index (χ0) is 27.4. The van der Waals surface area contributed by atoms with Crippen LogP contribution in [0.15, 0.2) is 51.3 Å². The van der Waals surface area contributed by atoms with Crippen LogP contribution in [0.1, 0.15) is 33.0 Å². The Hall–Kier alpha value is -4.30. The molecule has 1 aliphatic rings. The minimum atomic E-state index is -0.293. The number of benzene rings is 2. The Bertz CT molecular complexity index is 1500. The lowest BCUT2D eigenvalue weighted by atomic mass is 10.1. The number of thioether (sulfide) groups is 1.